The Labute approximate surface area is 207 Å². The molecule has 0 saturated carbocycles. The molecular weight excluding hydrogens is 444 g/mol. The number of rotatable bonds is 11. The minimum Gasteiger partial charge on any atom is -0.464 e. The van der Waals surface area contributed by atoms with Crippen molar-refractivity contribution in [1.29, 1.82) is 0 Å². The van der Waals surface area contributed by atoms with E-state index in [4.69, 9.17) is 15.2 Å². The van der Waals surface area contributed by atoms with E-state index in [1.807, 2.05) is 61.2 Å². The number of ether oxygens (including phenoxy) is 2. The zero-order valence-electron chi connectivity index (χ0n) is 20.8. The molecule has 1 aliphatic rings. The smallest absolute Gasteiger partial charge is 0.330 e. The molecule has 2 aromatic carbocycles. The van der Waals surface area contributed by atoms with Crippen molar-refractivity contribution in [2.45, 2.75) is 64.6 Å². The maximum Gasteiger partial charge on any atom is 0.330 e. The average molecular weight is 481 g/mol. The van der Waals surface area contributed by atoms with Crippen LogP contribution in [-0.4, -0.2) is 54.1 Å². The van der Waals surface area contributed by atoms with Gasteiger partial charge < -0.3 is 15.2 Å². The first-order valence-electron chi connectivity index (χ1n) is 12.3. The molecule has 0 aliphatic heterocycles. The quantitative estimate of drug-likeness (QED) is 0.390. The monoisotopic (exact) mass is 480 g/mol. The minimum atomic E-state index is -0.909. The van der Waals surface area contributed by atoms with Crippen molar-refractivity contribution in [1.82, 2.24) is 4.90 Å². The summed E-state index contributed by atoms with van der Waals surface area (Å²) in [5, 5.41) is 0. The molecule has 0 amide bonds. The third-order valence-electron chi connectivity index (χ3n) is 6.18. The van der Waals surface area contributed by atoms with Crippen molar-refractivity contribution >= 4 is 17.9 Å². The van der Waals surface area contributed by atoms with Gasteiger partial charge in [-0.2, -0.15) is 0 Å². The van der Waals surface area contributed by atoms with Crippen molar-refractivity contribution in [2.24, 2.45) is 11.7 Å². The molecule has 7 nitrogen and oxygen atoms in total. The molecule has 0 saturated heterocycles. The Morgan fingerprint density at radius 1 is 0.943 bits per heavy atom. The van der Waals surface area contributed by atoms with Gasteiger partial charge in [-0.1, -0.05) is 68.4 Å². The summed E-state index contributed by atoms with van der Waals surface area (Å²) in [7, 11) is 0. The van der Waals surface area contributed by atoms with Crippen molar-refractivity contribution in [3.8, 4) is 0 Å². The SMILES string of the molecule is CC(C)COC(=O)C(CCc1ccccc1)N(CC(=O)OC(=O)[C@H](C)N)C1Cc2ccccc2C1. The van der Waals surface area contributed by atoms with E-state index < -0.39 is 24.0 Å². The number of carbonyl (C=O) groups excluding carboxylic acids is 3. The van der Waals surface area contributed by atoms with E-state index in [9.17, 15) is 14.4 Å². The number of hydrogen-bond donors (Lipinski definition) is 1. The lowest BCUT2D eigenvalue weighted by Gasteiger charge is -2.34. The van der Waals surface area contributed by atoms with Crippen molar-refractivity contribution < 1.29 is 23.9 Å². The summed E-state index contributed by atoms with van der Waals surface area (Å²) in [5.74, 6) is -1.68. The largest absolute Gasteiger partial charge is 0.464 e. The third-order valence-corrected chi connectivity index (χ3v) is 6.18. The first-order chi connectivity index (χ1) is 16.7. The molecule has 35 heavy (non-hydrogen) atoms. The molecule has 7 heteroatoms. The molecule has 0 bridgehead atoms. The molecule has 1 aliphatic carbocycles. The topological polar surface area (TPSA) is 98.9 Å². The Morgan fingerprint density at radius 2 is 1.54 bits per heavy atom. The molecule has 0 spiro atoms. The van der Waals surface area contributed by atoms with Gasteiger partial charge in [-0.05, 0) is 55.2 Å². The Morgan fingerprint density at radius 3 is 2.11 bits per heavy atom. The van der Waals surface area contributed by atoms with Crippen LogP contribution in [0.3, 0.4) is 0 Å². The summed E-state index contributed by atoms with van der Waals surface area (Å²) in [4.78, 5) is 39.9. The Balaban J connectivity index is 1.86. The van der Waals surface area contributed by atoms with Crippen molar-refractivity contribution in [3.05, 3.63) is 71.3 Å². The lowest BCUT2D eigenvalue weighted by atomic mass is 10.0. The van der Waals surface area contributed by atoms with E-state index in [-0.39, 0.29) is 24.5 Å². The van der Waals surface area contributed by atoms with Gasteiger partial charge in [0.15, 0.2) is 0 Å². The van der Waals surface area contributed by atoms with Gasteiger partial charge in [0, 0.05) is 6.04 Å². The fourth-order valence-electron chi connectivity index (χ4n) is 4.36. The van der Waals surface area contributed by atoms with Gasteiger partial charge in [0.25, 0.3) is 0 Å². The summed E-state index contributed by atoms with van der Waals surface area (Å²) in [6.45, 7) is 5.52. The van der Waals surface area contributed by atoms with Crippen LogP contribution in [-0.2, 0) is 43.1 Å². The number of benzene rings is 2. The minimum absolute atomic E-state index is 0.0993. The number of esters is 3. The summed E-state index contributed by atoms with van der Waals surface area (Å²) >= 11 is 0. The van der Waals surface area contributed by atoms with E-state index >= 15 is 0 Å². The highest BCUT2D eigenvalue weighted by Crippen LogP contribution is 2.28. The van der Waals surface area contributed by atoms with Crippen LogP contribution < -0.4 is 5.73 Å². The molecule has 2 atom stereocenters. The summed E-state index contributed by atoms with van der Waals surface area (Å²) in [6.07, 6.45) is 2.52. The summed E-state index contributed by atoms with van der Waals surface area (Å²) in [6, 6.07) is 16.4. The molecule has 0 radical (unpaired) electrons. The second kappa shape index (κ2) is 12.6. The molecule has 188 valence electrons. The lowest BCUT2D eigenvalue weighted by molar-refractivity contribution is -0.163. The number of nitrogens with zero attached hydrogens (tertiary/aromatic N) is 1. The molecule has 2 N–H and O–H groups in total. The van der Waals surface area contributed by atoms with Gasteiger partial charge in [-0.3, -0.25) is 14.5 Å². The van der Waals surface area contributed by atoms with E-state index in [2.05, 4.69) is 12.1 Å². The molecule has 3 rings (SSSR count). The fourth-order valence-corrected chi connectivity index (χ4v) is 4.36. The number of aryl methyl sites for hydroxylation is 1. The second-order valence-corrected chi connectivity index (χ2v) is 9.65. The molecule has 1 unspecified atom stereocenters. The molecule has 0 fully saturated rings. The Hall–Kier alpha value is -3.03. The van der Waals surface area contributed by atoms with Gasteiger partial charge in [-0.25, -0.2) is 4.79 Å². The highest BCUT2D eigenvalue weighted by molar-refractivity contribution is 5.89. The zero-order chi connectivity index (χ0) is 25.4. The molecule has 2 aromatic rings. The standard InChI is InChI=1S/C28H36N2O5/c1-19(2)18-34-28(33)25(14-13-21-9-5-4-6-10-21)30(17-26(31)35-27(32)20(3)29)24-15-22-11-7-8-12-23(22)16-24/h4-12,19-20,24-25H,13-18,29H2,1-3H3/t20-,25?/m0/s1. The average Bonchev–Trinajstić information content (AvgIpc) is 3.26. The normalized spacial score (nSPS) is 15.0. The third kappa shape index (κ3) is 7.73. The highest BCUT2D eigenvalue weighted by atomic mass is 16.6. The number of carbonyl (C=O) groups is 3. The van der Waals surface area contributed by atoms with Crippen LogP contribution >= 0.6 is 0 Å². The maximum absolute atomic E-state index is 13.3. The van der Waals surface area contributed by atoms with Gasteiger partial charge in [0.05, 0.1) is 13.2 Å². The van der Waals surface area contributed by atoms with Crippen LogP contribution in [0.1, 0.15) is 43.9 Å². The van der Waals surface area contributed by atoms with Crippen LogP contribution in [0.4, 0.5) is 0 Å². The zero-order valence-corrected chi connectivity index (χ0v) is 20.8. The van der Waals surface area contributed by atoms with Crippen LogP contribution in [0.2, 0.25) is 0 Å². The van der Waals surface area contributed by atoms with Gasteiger partial charge in [0.2, 0.25) is 0 Å². The van der Waals surface area contributed by atoms with Crippen molar-refractivity contribution in [3.63, 3.8) is 0 Å². The van der Waals surface area contributed by atoms with Gasteiger partial charge in [-0.15, -0.1) is 0 Å². The predicted octanol–water partition coefficient (Wildman–Crippen LogP) is 3.07. The Kier molecular flexibility index (Phi) is 9.57. The summed E-state index contributed by atoms with van der Waals surface area (Å²) in [5.41, 5.74) is 9.05. The highest BCUT2D eigenvalue weighted by Gasteiger charge is 2.37. The van der Waals surface area contributed by atoms with E-state index in [1.54, 1.807) is 0 Å². The first-order valence-corrected chi connectivity index (χ1v) is 12.3. The number of fused-ring (bicyclic) bond motifs is 1. The number of nitrogens with two attached hydrogens (primary N) is 1. The van der Waals surface area contributed by atoms with Gasteiger partial charge >= 0.3 is 17.9 Å². The van der Waals surface area contributed by atoms with Crippen molar-refractivity contribution in [2.75, 3.05) is 13.2 Å². The number of hydrogen-bond acceptors (Lipinski definition) is 7. The predicted molar refractivity (Wildman–Crippen MR) is 133 cm³/mol. The first kappa shape index (κ1) is 26.6. The molecular formula is C28H36N2O5. The second-order valence-electron chi connectivity index (χ2n) is 9.65. The summed E-state index contributed by atoms with van der Waals surface area (Å²) < 4.78 is 10.6. The van der Waals surface area contributed by atoms with E-state index in [0.717, 1.165) is 5.56 Å². The van der Waals surface area contributed by atoms with Crippen LogP contribution in [0, 0.1) is 5.92 Å². The molecule has 0 heterocycles. The lowest BCUT2D eigenvalue weighted by Crippen LogP contribution is -2.51. The maximum atomic E-state index is 13.3. The van der Waals surface area contributed by atoms with E-state index in [0.29, 0.717) is 32.3 Å². The van der Waals surface area contributed by atoms with Crippen LogP contribution in [0.5, 0.6) is 0 Å². The van der Waals surface area contributed by atoms with Crippen LogP contribution in [0.15, 0.2) is 54.6 Å². The Bertz CT molecular complexity index is 980. The fraction of sp³-hybridized carbons (Fsp3) is 0.464. The van der Waals surface area contributed by atoms with Gasteiger partial charge in [0.1, 0.15) is 12.1 Å². The van der Waals surface area contributed by atoms with E-state index in [1.165, 1.54) is 18.1 Å². The molecule has 0 aromatic heterocycles. The van der Waals surface area contributed by atoms with Crippen LogP contribution in [0.25, 0.3) is 0 Å².